The summed E-state index contributed by atoms with van der Waals surface area (Å²) < 4.78 is 0.832. The fourth-order valence-electron chi connectivity index (χ4n) is 2.59. The number of nitrogen functional groups attached to an aromatic ring is 1. The Labute approximate surface area is 126 Å². The third kappa shape index (κ3) is 2.56. The van der Waals surface area contributed by atoms with Crippen molar-refractivity contribution in [2.75, 3.05) is 12.3 Å². The average Bonchev–Trinajstić information content (AvgIpc) is 2.45. The number of halogens is 1. The summed E-state index contributed by atoms with van der Waals surface area (Å²) in [7, 11) is 0. The van der Waals surface area contributed by atoms with E-state index in [-0.39, 0.29) is 5.91 Å². The lowest BCUT2D eigenvalue weighted by atomic mass is 9.99. The van der Waals surface area contributed by atoms with E-state index >= 15 is 0 Å². The van der Waals surface area contributed by atoms with Gasteiger partial charge in [-0.1, -0.05) is 40.2 Å². The Hall–Kier alpha value is -1.81. The van der Waals surface area contributed by atoms with Gasteiger partial charge in [-0.2, -0.15) is 0 Å². The van der Waals surface area contributed by atoms with Gasteiger partial charge in [0.15, 0.2) is 0 Å². The van der Waals surface area contributed by atoms with Crippen molar-refractivity contribution in [3.63, 3.8) is 0 Å². The summed E-state index contributed by atoms with van der Waals surface area (Å²) >= 11 is 3.38. The van der Waals surface area contributed by atoms with E-state index in [0.29, 0.717) is 17.8 Å². The van der Waals surface area contributed by atoms with Crippen LogP contribution in [0.15, 0.2) is 46.9 Å². The maximum absolute atomic E-state index is 12.6. The second kappa shape index (κ2) is 5.29. The monoisotopic (exact) mass is 330 g/mol. The highest BCUT2D eigenvalue weighted by Crippen LogP contribution is 2.23. The SMILES string of the molecule is Nc1cc(Br)cc(C(=O)N2CCc3ccccc3C2)c1. The Morgan fingerprint density at radius 3 is 2.65 bits per heavy atom. The molecule has 0 radical (unpaired) electrons. The van der Waals surface area contributed by atoms with Crippen LogP contribution >= 0.6 is 15.9 Å². The quantitative estimate of drug-likeness (QED) is 0.816. The van der Waals surface area contributed by atoms with Crippen molar-refractivity contribution in [1.29, 1.82) is 0 Å². The number of rotatable bonds is 1. The van der Waals surface area contributed by atoms with Gasteiger partial charge in [0, 0.05) is 28.8 Å². The number of hydrogen-bond donors (Lipinski definition) is 1. The van der Waals surface area contributed by atoms with E-state index in [1.807, 2.05) is 23.1 Å². The first-order valence-corrected chi connectivity index (χ1v) is 7.35. The summed E-state index contributed by atoms with van der Waals surface area (Å²) in [5, 5.41) is 0. The van der Waals surface area contributed by atoms with Crippen LogP contribution in [0.4, 0.5) is 5.69 Å². The fraction of sp³-hybridized carbons (Fsp3) is 0.188. The number of anilines is 1. The largest absolute Gasteiger partial charge is 0.399 e. The highest BCUT2D eigenvalue weighted by molar-refractivity contribution is 9.10. The van der Waals surface area contributed by atoms with Crippen molar-refractivity contribution >= 4 is 27.5 Å². The van der Waals surface area contributed by atoms with E-state index in [1.54, 1.807) is 12.1 Å². The summed E-state index contributed by atoms with van der Waals surface area (Å²) in [6.45, 7) is 1.42. The van der Waals surface area contributed by atoms with Crippen molar-refractivity contribution < 1.29 is 4.79 Å². The van der Waals surface area contributed by atoms with Gasteiger partial charge in [-0.15, -0.1) is 0 Å². The van der Waals surface area contributed by atoms with E-state index < -0.39 is 0 Å². The normalized spacial score (nSPS) is 13.9. The van der Waals surface area contributed by atoms with Gasteiger partial charge in [-0.3, -0.25) is 4.79 Å². The maximum Gasteiger partial charge on any atom is 0.254 e. The Balaban J connectivity index is 1.86. The molecule has 0 unspecified atom stereocenters. The van der Waals surface area contributed by atoms with E-state index in [0.717, 1.165) is 17.4 Å². The minimum atomic E-state index is 0.0347. The molecule has 0 aromatic heterocycles. The maximum atomic E-state index is 12.6. The zero-order valence-corrected chi connectivity index (χ0v) is 12.6. The molecule has 1 amide bonds. The molecule has 0 atom stereocenters. The molecular weight excluding hydrogens is 316 g/mol. The van der Waals surface area contributed by atoms with Crippen LogP contribution in [-0.2, 0) is 13.0 Å². The molecule has 0 saturated heterocycles. The van der Waals surface area contributed by atoms with Crippen molar-refractivity contribution in [3.8, 4) is 0 Å². The smallest absolute Gasteiger partial charge is 0.254 e. The Kier molecular flexibility index (Phi) is 3.49. The van der Waals surface area contributed by atoms with Gasteiger partial charge in [0.05, 0.1) is 0 Å². The zero-order chi connectivity index (χ0) is 14.1. The van der Waals surface area contributed by atoms with Crippen LogP contribution < -0.4 is 5.73 Å². The van der Waals surface area contributed by atoms with Gasteiger partial charge < -0.3 is 10.6 Å². The molecule has 2 N–H and O–H groups in total. The molecule has 0 bridgehead atoms. The summed E-state index contributed by atoms with van der Waals surface area (Å²) in [6, 6.07) is 13.6. The molecule has 2 aromatic carbocycles. The molecule has 1 heterocycles. The van der Waals surface area contributed by atoms with E-state index in [1.165, 1.54) is 11.1 Å². The highest BCUT2D eigenvalue weighted by Gasteiger charge is 2.21. The van der Waals surface area contributed by atoms with Crippen LogP contribution in [0.3, 0.4) is 0 Å². The number of amides is 1. The van der Waals surface area contributed by atoms with E-state index in [4.69, 9.17) is 5.73 Å². The van der Waals surface area contributed by atoms with Crippen LogP contribution in [-0.4, -0.2) is 17.4 Å². The molecule has 1 aliphatic heterocycles. The molecule has 2 aromatic rings. The van der Waals surface area contributed by atoms with Crippen LogP contribution in [0.1, 0.15) is 21.5 Å². The van der Waals surface area contributed by atoms with E-state index in [2.05, 4.69) is 28.1 Å². The van der Waals surface area contributed by atoms with Gasteiger partial charge in [0.2, 0.25) is 0 Å². The predicted molar refractivity (Wildman–Crippen MR) is 83.4 cm³/mol. The number of fused-ring (bicyclic) bond motifs is 1. The van der Waals surface area contributed by atoms with Gasteiger partial charge in [0.25, 0.3) is 5.91 Å². The lowest BCUT2D eigenvalue weighted by Crippen LogP contribution is -2.35. The summed E-state index contributed by atoms with van der Waals surface area (Å²) in [6.07, 6.45) is 0.908. The topological polar surface area (TPSA) is 46.3 Å². The fourth-order valence-corrected chi connectivity index (χ4v) is 3.10. The third-order valence-corrected chi connectivity index (χ3v) is 4.04. The predicted octanol–water partition coefficient (Wildman–Crippen LogP) is 3.23. The first-order chi connectivity index (χ1) is 9.63. The molecule has 0 spiro atoms. The lowest BCUT2D eigenvalue weighted by Gasteiger charge is -2.29. The van der Waals surface area contributed by atoms with Crippen LogP contribution in [0.5, 0.6) is 0 Å². The summed E-state index contributed by atoms with van der Waals surface area (Å²) in [5.41, 5.74) is 9.61. The van der Waals surface area contributed by atoms with Crippen LogP contribution in [0.25, 0.3) is 0 Å². The molecular formula is C16H15BrN2O. The first kappa shape index (κ1) is 13.2. The Morgan fingerprint density at radius 1 is 1.15 bits per heavy atom. The molecule has 3 rings (SSSR count). The van der Waals surface area contributed by atoms with Gasteiger partial charge >= 0.3 is 0 Å². The zero-order valence-electron chi connectivity index (χ0n) is 11.0. The first-order valence-electron chi connectivity index (χ1n) is 6.55. The third-order valence-electron chi connectivity index (χ3n) is 3.58. The number of benzene rings is 2. The Morgan fingerprint density at radius 2 is 1.90 bits per heavy atom. The second-order valence-electron chi connectivity index (χ2n) is 5.02. The van der Waals surface area contributed by atoms with Gasteiger partial charge in [-0.05, 0) is 35.7 Å². The van der Waals surface area contributed by atoms with Crippen molar-refractivity contribution in [1.82, 2.24) is 4.90 Å². The molecule has 20 heavy (non-hydrogen) atoms. The van der Waals surface area contributed by atoms with E-state index in [9.17, 15) is 4.79 Å². The molecule has 0 saturated carbocycles. The second-order valence-corrected chi connectivity index (χ2v) is 5.93. The average molecular weight is 331 g/mol. The number of hydrogen-bond acceptors (Lipinski definition) is 2. The molecule has 0 aliphatic carbocycles. The van der Waals surface area contributed by atoms with Crippen molar-refractivity contribution in [3.05, 3.63) is 63.6 Å². The number of carbonyl (C=O) groups excluding carboxylic acids is 1. The number of carbonyl (C=O) groups is 1. The van der Waals surface area contributed by atoms with Gasteiger partial charge in [0.1, 0.15) is 0 Å². The summed E-state index contributed by atoms with van der Waals surface area (Å²) in [4.78, 5) is 14.4. The number of nitrogens with zero attached hydrogens (tertiary/aromatic N) is 1. The minimum absolute atomic E-state index is 0.0347. The highest BCUT2D eigenvalue weighted by atomic mass is 79.9. The standard InChI is InChI=1S/C16H15BrN2O/c17-14-7-13(8-15(18)9-14)16(20)19-6-5-11-3-1-2-4-12(11)10-19/h1-4,7-9H,5-6,10,18H2. The summed E-state index contributed by atoms with van der Waals surface area (Å²) in [5.74, 6) is 0.0347. The molecule has 0 fully saturated rings. The molecule has 4 heteroatoms. The lowest BCUT2D eigenvalue weighted by molar-refractivity contribution is 0.0734. The van der Waals surface area contributed by atoms with Crippen LogP contribution in [0, 0.1) is 0 Å². The molecule has 3 nitrogen and oxygen atoms in total. The minimum Gasteiger partial charge on any atom is -0.399 e. The van der Waals surface area contributed by atoms with Gasteiger partial charge in [-0.25, -0.2) is 0 Å². The number of nitrogens with two attached hydrogens (primary N) is 1. The van der Waals surface area contributed by atoms with Crippen molar-refractivity contribution in [2.24, 2.45) is 0 Å². The van der Waals surface area contributed by atoms with Crippen molar-refractivity contribution in [2.45, 2.75) is 13.0 Å². The molecule has 1 aliphatic rings. The van der Waals surface area contributed by atoms with Crippen LogP contribution in [0.2, 0.25) is 0 Å². The molecule has 102 valence electrons. The Bertz CT molecular complexity index is 649.